The van der Waals surface area contributed by atoms with Crippen LogP contribution >= 0.6 is 0 Å². The van der Waals surface area contributed by atoms with Gasteiger partial charge >= 0.3 is 0 Å². The van der Waals surface area contributed by atoms with Crippen molar-refractivity contribution < 1.29 is 14.4 Å². The van der Waals surface area contributed by atoms with Gasteiger partial charge in [-0.05, 0) is 56.0 Å². The zero-order chi connectivity index (χ0) is 19.2. The number of rotatable bonds is 4. The lowest BCUT2D eigenvalue weighted by Gasteiger charge is -2.16. The Bertz CT molecular complexity index is 849. The fourth-order valence-corrected chi connectivity index (χ4v) is 3.00. The summed E-state index contributed by atoms with van der Waals surface area (Å²) >= 11 is 0. The zero-order valence-electron chi connectivity index (χ0n) is 15.2. The summed E-state index contributed by atoms with van der Waals surface area (Å²) in [4.78, 5) is 37.0. The highest BCUT2D eigenvalue weighted by molar-refractivity contribution is 6.05. The molecule has 6 nitrogen and oxygen atoms in total. The number of nitrogens with one attached hydrogen (secondary N) is 3. The van der Waals surface area contributed by atoms with Crippen LogP contribution in [0.3, 0.4) is 0 Å². The lowest BCUT2D eigenvalue weighted by atomic mass is 10.1. The number of carbonyl (C=O) groups excluding carboxylic acids is 3. The Labute approximate surface area is 158 Å². The molecule has 3 rings (SSSR count). The van der Waals surface area contributed by atoms with Crippen LogP contribution in [-0.4, -0.2) is 30.3 Å². The molecule has 0 aliphatic carbocycles. The Hall–Kier alpha value is -3.15. The van der Waals surface area contributed by atoms with Gasteiger partial charge in [0.15, 0.2) is 0 Å². The summed E-state index contributed by atoms with van der Waals surface area (Å²) in [7, 11) is 0. The topological polar surface area (TPSA) is 87.3 Å². The smallest absolute Gasteiger partial charge is 0.255 e. The number of amides is 3. The van der Waals surface area contributed by atoms with E-state index in [-0.39, 0.29) is 17.7 Å². The van der Waals surface area contributed by atoms with Crippen LogP contribution in [0.5, 0.6) is 0 Å². The number of hydrogen-bond donors (Lipinski definition) is 3. The molecule has 6 heteroatoms. The fourth-order valence-electron chi connectivity index (χ4n) is 3.00. The summed E-state index contributed by atoms with van der Waals surface area (Å²) in [5.74, 6) is -0.711. The van der Waals surface area contributed by atoms with Gasteiger partial charge in [-0.1, -0.05) is 24.3 Å². The molecule has 27 heavy (non-hydrogen) atoms. The average Bonchev–Trinajstić information content (AvgIpc) is 2.88. The van der Waals surface area contributed by atoms with Gasteiger partial charge in [0.05, 0.1) is 0 Å². The standard InChI is InChI=1S/C21H23N3O3/c1-14-10-11-16(20(26)23-17-9-5-6-12-22-21(17)27)13-18(14)24-19(25)15-7-3-2-4-8-15/h2-4,7-8,10-11,13,17H,5-6,9,12H2,1H3,(H,22,27)(H,23,26)(H,24,25)/t17-/m1/s1. The number of aryl methyl sites for hydroxylation is 1. The molecular formula is C21H23N3O3. The maximum Gasteiger partial charge on any atom is 0.255 e. The second-order valence-corrected chi connectivity index (χ2v) is 6.66. The Morgan fingerprint density at radius 3 is 2.56 bits per heavy atom. The van der Waals surface area contributed by atoms with Crippen molar-refractivity contribution in [2.75, 3.05) is 11.9 Å². The lowest BCUT2D eigenvalue weighted by molar-refractivity contribution is -0.122. The molecule has 1 aliphatic rings. The van der Waals surface area contributed by atoms with Gasteiger partial charge in [0, 0.05) is 23.4 Å². The van der Waals surface area contributed by atoms with E-state index >= 15 is 0 Å². The fraction of sp³-hybridized carbons (Fsp3) is 0.286. The van der Waals surface area contributed by atoms with Gasteiger partial charge in [-0.3, -0.25) is 14.4 Å². The molecule has 2 aromatic carbocycles. The third kappa shape index (κ3) is 4.73. The molecule has 3 amide bonds. The van der Waals surface area contributed by atoms with E-state index in [1.807, 2.05) is 13.0 Å². The van der Waals surface area contributed by atoms with E-state index in [0.29, 0.717) is 29.8 Å². The molecular weight excluding hydrogens is 342 g/mol. The Morgan fingerprint density at radius 2 is 1.78 bits per heavy atom. The van der Waals surface area contributed by atoms with Crippen molar-refractivity contribution >= 4 is 23.4 Å². The summed E-state index contributed by atoms with van der Waals surface area (Å²) in [6.07, 6.45) is 2.43. The number of benzene rings is 2. The predicted molar refractivity (Wildman–Crippen MR) is 104 cm³/mol. The second kappa shape index (κ2) is 8.49. The minimum absolute atomic E-state index is 0.148. The second-order valence-electron chi connectivity index (χ2n) is 6.66. The van der Waals surface area contributed by atoms with Crippen molar-refractivity contribution in [1.82, 2.24) is 10.6 Å². The van der Waals surface area contributed by atoms with Crippen LogP contribution in [0.15, 0.2) is 48.5 Å². The molecule has 2 aromatic rings. The Balaban J connectivity index is 1.73. The van der Waals surface area contributed by atoms with E-state index in [1.54, 1.807) is 42.5 Å². The molecule has 0 unspecified atom stereocenters. The van der Waals surface area contributed by atoms with Crippen LogP contribution in [0, 0.1) is 6.92 Å². The summed E-state index contributed by atoms with van der Waals surface area (Å²) in [5, 5.41) is 8.44. The van der Waals surface area contributed by atoms with Crippen molar-refractivity contribution in [3.63, 3.8) is 0 Å². The minimum Gasteiger partial charge on any atom is -0.354 e. The highest BCUT2D eigenvalue weighted by Gasteiger charge is 2.23. The minimum atomic E-state index is -0.524. The average molecular weight is 365 g/mol. The van der Waals surface area contributed by atoms with Crippen LogP contribution in [-0.2, 0) is 4.79 Å². The van der Waals surface area contributed by atoms with E-state index in [0.717, 1.165) is 18.4 Å². The molecule has 1 atom stereocenters. The van der Waals surface area contributed by atoms with E-state index in [4.69, 9.17) is 0 Å². The van der Waals surface area contributed by atoms with Crippen molar-refractivity contribution in [1.29, 1.82) is 0 Å². The molecule has 1 saturated heterocycles. The van der Waals surface area contributed by atoms with Gasteiger partial charge in [0.25, 0.3) is 11.8 Å². The van der Waals surface area contributed by atoms with Crippen LogP contribution in [0.1, 0.15) is 45.5 Å². The van der Waals surface area contributed by atoms with Crippen LogP contribution in [0.2, 0.25) is 0 Å². The number of anilines is 1. The van der Waals surface area contributed by atoms with Crippen molar-refractivity contribution in [3.05, 3.63) is 65.2 Å². The SMILES string of the molecule is Cc1ccc(C(=O)N[C@@H]2CCCCNC2=O)cc1NC(=O)c1ccccc1. The highest BCUT2D eigenvalue weighted by atomic mass is 16.2. The maximum atomic E-state index is 12.6. The van der Waals surface area contributed by atoms with Crippen LogP contribution in [0.4, 0.5) is 5.69 Å². The molecule has 3 N–H and O–H groups in total. The maximum absolute atomic E-state index is 12.6. The molecule has 1 aliphatic heterocycles. The third-order valence-electron chi connectivity index (χ3n) is 4.62. The third-order valence-corrected chi connectivity index (χ3v) is 4.62. The van der Waals surface area contributed by atoms with E-state index < -0.39 is 6.04 Å². The quantitative estimate of drug-likeness (QED) is 0.778. The zero-order valence-corrected chi connectivity index (χ0v) is 15.2. The lowest BCUT2D eigenvalue weighted by Crippen LogP contribution is -2.45. The first-order valence-electron chi connectivity index (χ1n) is 9.10. The van der Waals surface area contributed by atoms with Gasteiger partial charge in [0.2, 0.25) is 5.91 Å². The van der Waals surface area contributed by atoms with E-state index in [2.05, 4.69) is 16.0 Å². The summed E-state index contributed by atoms with van der Waals surface area (Å²) in [6, 6.07) is 13.5. The molecule has 0 saturated carbocycles. The van der Waals surface area contributed by atoms with E-state index in [1.165, 1.54) is 0 Å². The molecule has 0 spiro atoms. The molecule has 0 aromatic heterocycles. The van der Waals surface area contributed by atoms with Gasteiger partial charge < -0.3 is 16.0 Å². The van der Waals surface area contributed by atoms with Crippen molar-refractivity contribution in [3.8, 4) is 0 Å². The number of hydrogen-bond acceptors (Lipinski definition) is 3. The predicted octanol–water partition coefficient (Wildman–Crippen LogP) is 2.65. The Kier molecular flexibility index (Phi) is 5.86. The van der Waals surface area contributed by atoms with Crippen molar-refractivity contribution in [2.45, 2.75) is 32.2 Å². The molecule has 1 fully saturated rings. The first kappa shape index (κ1) is 18.6. The van der Waals surface area contributed by atoms with Gasteiger partial charge in [0.1, 0.15) is 6.04 Å². The number of carbonyl (C=O) groups is 3. The van der Waals surface area contributed by atoms with E-state index in [9.17, 15) is 14.4 Å². The summed E-state index contributed by atoms with van der Waals surface area (Å²) in [5.41, 5.74) is 2.37. The van der Waals surface area contributed by atoms with Gasteiger partial charge in [-0.2, -0.15) is 0 Å². The van der Waals surface area contributed by atoms with Crippen molar-refractivity contribution in [2.24, 2.45) is 0 Å². The molecule has 1 heterocycles. The highest BCUT2D eigenvalue weighted by Crippen LogP contribution is 2.18. The summed E-state index contributed by atoms with van der Waals surface area (Å²) < 4.78 is 0. The first-order chi connectivity index (χ1) is 13.0. The van der Waals surface area contributed by atoms with Crippen LogP contribution < -0.4 is 16.0 Å². The summed E-state index contributed by atoms with van der Waals surface area (Å²) in [6.45, 7) is 2.51. The van der Waals surface area contributed by atoms with Crippen LogP contribution in [0.25, 0.3) is 0 Å². The normalized spacial score (nSPS) is 16.8. The molecule has 0 bridgehead atoms. The molecule has 140 valence electrons. The monoisotopic (exact) mass is 365 g/mol. The molecule has 0 radical (unpaired) electrons. The largest absolute Gasteiger partial charge is 0.354 e. The Morgan fingerprint density at radius 1 is 1.00 bits per heavy atom. The van der Waals surface area contributed by atoms with Gasteiger partial charge in [-0.25, -0.2) is 0 Å². The van der Waals surface area contributed by atoms with Gasteiger partial charge in [-0.15, -0.1) is 0 Å². The first-order valence-corrected chi connectivity index (χ1v) is 9.10.